The second-order valence-corrected chi connectivity index (χ2v) is 6.15. The predicted molar refractivity (Wildman–Crippen MR) is 96.3 cm³/mol. The molecule has 0 aliphatic rings. The Bertz CT molecular complexity index is 776. The van der Waals surface area contributed by atoms with Gasteiger partial charge in [-0.15, -0.1) is 0 Å². The lowest BCUT2D eigenvalue weighted by Gasteiger charge is -2.13. The third kappa shape index (κ3) is 4.15. The molecule has 0 bridgehead atoms. The van der Waals surface area contributed by atoms with E-state index >= 15 is 0 Å². The molecule has 1 amide bonds. The number of hydrogen-bond donors (Lipinski definition) is 1. The van der Waals surface area contributed by atoms with Gasteiger partial charge in [-0.2, -0.15) is 0 Å². The van der Waals surface area contributed by atoms with Crippen LogP contribution in [0.5, 0.6) is 5.75 Å². The van der Waals surface area contributed by atoms with Gasteiger partial charge < -0.3 is 10.1 Å². The van der Waals surface area contributed by atoms with Crippen LogP contribution in [0.2, 0.25) is 5.02 Å². The van der Waals surface area contributed by atoms with Gasteiger partial charge in [-0.25, -0.2) is 0 Å². The Morgan fingerprint density at radius 3 is 2.46 bits per heavy atom. The van der Waals surface area contributed by atoms with E-state index in [9.17, 15) is 9.59 Å². The van der Waals surface area contributed by atoms with E-state index < -0.39 is 0 Å². The molecule has 0 atom stereocenters. The maximum Gasteiger partial charge on any atom is 0.228 e. The minimum Gasteiger partial charge on any atom is -0.496 e. The van der Waals surface area contributed by atoms with Crippen LogP contribution >= 0.6 is 11.6 Å². The summed E-state index contributed by atoms with van der Waals surface area (Å²) in [5.41, 5.74) is 3.74. The topological polar surface area (TPSA) is 55.4 Å². The molecule has 0 unspecified atom stereocenters. The standard InChI is InChI=1S/C19H20ClNO3/c1-11-7-12(2)19(16(20)8-11)21-18(23)10-15-9-14(13(3)22)5-6-17(15)24-4/h5-9H,10H2,1-4H3,(H,21,23). The minimum absolute atomic E-state index is 0.0586. The molecule has 2 aromatic carbocycles. The highest BCUT2D eigenvalue weighted by molar-refractivity contribution is 6.34. The molecule has 5 heteroatoms. The van der Waals surface area contributed by atoms with E-state index in [-0.39, 0.29) is 18.1 Å². The van der Waals surface area contributed by atoms with Crippen LogP contribution in [-0.4, -0.2) is 18.8 Å². The number of amides is 1. The van der Waals surface area contributed by atoms with Gasteiger partial charge in [-0.05, 0) is 56.2 Å². The molecule has 0 aromatic heterocycles. The van der Waals surface area contributed by atoms with Gasteiger partial charge in [0.2, 0.25) is 5.91 Å². The largest absolute Gasteiger partial charge is 0.496 e. The Balaban J connectivity index is 2.24. The van der Waals surface area contributed by atoms with Gasteiger partial charge in [-0.1, -0.05) is 17.7 Å². The normalized spacial score (nSPS) is 10.4. The van der Waals surface area contributed by atoms with Crippen LogP contribution < -0.4 is 10.1 Å². The maximum atomic E-state index is 12.4. The van der Waals surface area contributed by atoms with E-state index in [4.69, 9.17) is 16.3 Å². The summed E-state index contributed by atoms with van der Waals surface area (Å²) >= 11 is 6.22. The van der Waals surface area contributed by atoms with Gasteiger partial charge in [0.15, 0.2) is 5.78 Å². The summed E-state index contributed by atoms with van der Waals surface area (Å²) in [7, 11) is 1.53. The average molecular weight is 346 g/mol. The van der Waals surface area contributed by atoms with Crippen molar-refractivity contribution >= 4 is 29.0 Å². The average Bonchev–Trinajstić information content (AvgIpc) is 2.50. The molecular formula is C19H20ClNO3. The summed E-state index contributed by atoms with van der Waals surface area (Å²) in [5, 5.41) is 3.35. The van der Waals surface area contributed by atoms with E-state index in [0.717, 1.165) is 11.1 Å². The number of Topliss-reactive ketones (excluding diaryl/α,β-unsaturated/α-hetero) is 1. The summed E-state index contributed by atoms with van der Waals surface area (Å²) in [6.07, 6.45) is 0.0912. The molecule has 0 radical (unpaired) electrons. The lowest BCUT2D eigenvalue weighted by Crippen LogP contribution is -2.16. The number of carbonyl (C=O) groups is 2. The third-order valence-corrected chi connectivity index (χ3v) is 4.03. The zero-order valence-electron chi connectivity index (χ0n) is 14.2. The van der Waals surface area contributed by atoms with Crippen molar-refractivity contribution in [3.8, 4) is 5.75 Å². The molecule has 4 nitrogen and oxygen atoms in total. The Morgan fingerprint density at radius 1 is 1.17 bits per heavy atom. The number of rotatable bonds is 5. The summed E-state index contributed by atoms with van der Waals surface area (Å²) in [4.78, 5) is 23.9. The van der Waals surface area contributed by atoms with Crippen LogP contribution in [0.4, 0.5) is 5.69 Å². The van der Waals surface area contributed by atoms with Crippen molar-refractivity contribution in [2.45, 2.75) is 27.2 Å². The van der Waals surface area contributed by atoms with E-state index in [1.165, 1.54) is 14.0 Å². The quantitative estimate of drug-likeness (QED) is 0.820. The van der Waals surface area contributed by atoms with Crippen molar-refractivity contribution in [1.29, 1.82) is 0 Å². The number of ether oxygens (including phenoxy) is 1. The summed E-state index contributed by atoms with van der Waals surface area (Å²) in [6.45, 7) is 5.33. The zero-order chi connectivity index (χ0) is 17.9. The number of halogens is 1. The molecule has 0 spiro atoms. The van der Waals surface area contributed by atoms with Crippen molar-refractivity contribution in [3.63, 3.8) is 0 Å². The fraction of sp³-hybridized carbons (Fsp3) is 0.263. The fourth-order valence-corrected chi connectivity index (χ4v) is 2.93. The smallest absolute Gasteiger partial charge is 0.228 e. The Kier molecular flexibility index (Phi) is 5.62. The molecule has 126 valence electrons. The van der Waals surface area contributed by atoms with Gasteiger partial charge in [0, 0.05) is 11.1 Å². The maximum absolute atomic E-state index is 12.4. The molecule has 0 aliphatic heterocycles. The van der Waals surface area contributed by atoms with Crippen LogP contribution in [-0.2, 0) is 11.2 Å². The van der Waals surface area contributed by atoms with E-state index in [1.54, 1.807) is 24.3 Å². The lowest BCUT2D eigenvalue weighted by atomic mass is 10.0. The van der Waals surface area contributed by atoms with Gasteiger partial charge in [-0.3, -0.25) is 9.59 Å². The molecule has 24 heavy (non-hydrogen) atoms. The highest BCUT2D eigenvalue weighted by Gasteiger charge is 2.14. The van der Waals surface area contributed by atoms with E-state index in [0.29, 0.717) is 27.6 Å². The van der Waals surface area contributed by atoms with Crippen LogP contribution in [0, 0.1) is 13.8 Å². The van der Waals surface area contributed by atoms with Crippen LogP contribution in [0.15, 0.2) is 30.3 Å². The molecule has 0 heterocycles. The van der Waals surface area contributed by atoms with Gasteiger partial charge in [0.25, 0.3) is 0 Å². The minimum atomic E-state index is -0.220. The first-order valence-corrected chi connectivity index (χ1v) is 7.94. The molecule has 0 saturated heterocycles. The van der Waals surface area contributed by atoms with Crippen LogP contribution in [0.1, 0.15) is 34.0 Å². The fourth-order valence-electron chi connectivity index (χ4n) is 2.57. The predicted octanol–water partition coefficient (Wildman–Crippen LogP) is 4.35. The first-order chi connectivity index (χ1) is 11.3. The monoisotopic (exact) mass is 345 g/mol. The number of nitrogens with one attached hydrogen (secondary N) is 1. The highest BCUT2D eigenvalue weighted by Crippen LogP contribution is 2.28. The summed E-state index contributed by atoms with van der Waals surface area (Å²) < 4.78 is 5.28. The van der Waals surface area contributed by atoms with Crippen molar-refractivity contribution in [2.24, 2.45) is 0 Å². The molecule has 2 rings (SSSR count). The zero-order valence-corrected chi connectivity index (χ0v) is 15.0. The molecule has 0 fully saturated rings. The second-order valence-electron chi connectivity index (χ2n) is 5.75. The molecule has 0 saturated carbocycles. The number of benzene rings is 2. The van der Waals surface area contributed by atoms with Gasteiger partial charge in [0.05, 0.1) is 24.2 Å². The summed E-state index contributed by atoms with van der Waals surface area (Å²) in [5.74, 6) is 0.293. The van der Waals surface area contributed by atoms with Crippen LogP contribution in [0.25, 0.3) is 0 Å². The molecular weight excluding hydrogens is 326 g/mol. The van der Waals surface area contributed by atoms with Gasteiger partial charge in [0.1, 0.15) is 5.75 Å². The first kappa shape index (κ1) is 18.0. The number of anilines is 1. The Hall–Kier alpha value is -2.33. The number of carbonyl (C=O) groups excluding carboxylic acids is 2. The van der Waals surface area contributed by atoms with Gasteiger partial charge >= 0.3 is 0 Å². The number of hydrogen-bond acceptors (Lipinski definition) is 3. The Morgan fingerprint density at radius 2 is 1.88 bits per heavy atom. The summed E-state index contributed by atoms with van der Waals surface area (Å²) in [6, 6.07) is 8.83. The van der Waals surface area contributed by atoms with Crippen LogP contribution in [0.3, 0.4) is 0 Å². The number of aryl methyl sites for hydroxylation is 2. The van der Waals surface area contributed by atoms with Crippen molar-refractivity contribution in [1.82, 2.24) is 0 Å². The SMILES string of the molecule is COc1ccc(C(C)=O)cc1CC(=O)Nc1c(C)cc(C)cc1Cl. The highest BCUT2D eigenvalue weighted by atomic mass is 35.5. The van der Waals surface area contributed by atoms with Crippen molar-refractivity contribution in [2.75, 3.05) is 12.4 Å². The second kappa shape index (κ2) is 7.49. The van der Waals surface area contributed by atoms with Crippen molar-refractivity contribution < 1.29 is 14.3 Å². The molecule has 1 N–H and O–H groups in total. The number of ketones is 1. The third-order valence-electron chi connectivity index (χ3n) is 3.73. The number of methoxy groups -OCH3 is 1. The van der Waals surface area contributed by atoms with E-state index in [1.807, 2.05) is 19.9 Å². The van der Waals surface area contributed by atoms with Crippen molar-refractivity contribution in [3.05, 3.63) is 57.6 Å². The molecule has 2 aromatic rings. The molecule has 0 aliphatic carbocycles. The first-order valence-electron chi connectivity index (χ1n) is 7.56. The lowest BCUT2D eigenvalue weighted by molar-refractivity contribution is -0.115. The Labute approximate surface area is 146 Å². The van der Waals surface area contributed by atoms with E-state index in [2.05, 4.69) is 5.32 Å².